The number of benzene rings is 3. The van der Waals surface area contributed by atoms with E-state index in [4.69, 9.17) is 9.47 Å². The Bertz CT molecular complexity index is 954. The third-order valence-corrected chi connectivity index (χ3v) is 4.25. The van der Waals surface area contributed by atoms with E-state index in [1.54, 1.807) is 7.11 Å². The third kappa shape index (κ3) is 2.70. The van der Waals surface area contributed by atoms with Crippen LogP contribution in [0.2, 0.25) is 0 Å². The van der Waals surface area contributed by atoms with Crippen LogP contribution in [-0.4, -0.2) is 13.1 Å². The van der Waals surface area contributed by atoms with Crippen molar-refractivity contribution in [3.8, 4) is 11.5 Å². The Morgan fingerprint density at radius 1 is 0.800 bits per heavy atom. The fourth-order valence-corrected chi connectivity index (χ4v) is 3.08. The van der Waals surface area contributed by atoms with Crippen molar-refractivity contribution in [1.82, 2.24) is 0 Å². The normalized spacial score (nSPS) is 14.7. The first-order valence-corrected chi connectivity index (χ1v) is 8.03. The molecule has 0 amide bonds. The van der Waals surface area contributed by atoms with Crippen LogP contribution in [0.1, 0.15) is 16.7 Å². The van der Waals surface area contributed by atoms with Crippen LogP contribution in [0.25, 0.3) is 11.1 Å². The molecule has 25 heavy (non-hydrogen) atoms. The fraction of sp³-hybridized carbons (Fsp3) is 0.0455. The molecule has 0 saturated heterocycles. The number of esters is 1. The average molecular weight is 328 g/mol. The Morgan fingerprint density at radius 3 is 2.16 bits per heavy atom. The highest BCUT2D eigenvalue weighted by Gasteiger charge is 2.30. The summed E-state index contributed by atoms with van der Waals surface area (Å²) in [5.41, 5.74) is 4.18. The highest BCUT2D eigenvalue weighted by molar-refractivity contribution is 6.30. The molecule has 4 rings (SSSR count). The van der Waals surface area contributed by atoms with Gasteiger partial charge in [-0.2, -0.15) is 0 Å². The van der Waals surface area contributed by atoms with Gasteiger partial charge >= 0.3 is 5.97 Å². The van der Waals surface area contributed by atoms with Crippen LogP contribution in [0.5, 0.6) is 11.5 Å². The molecule has 0 radical (unpaired) electrons. The molecule has 0 aromatic heterocycles. The first-order chi connectivity index (χ1) is 12.3. The van der Waals surface area contributed by atoms with Gasteiger partial charge in [0.15, 0.2) is 0 Å². The van der Waals surface area contributed by atoms with E-state index in [0.717, 1.165) is 28.0 Å². The summed E-state index contributed by atoms with van der Waals surface area (Å²) in [6.07, 6.45) is 0. The van der Waals surface area contributed by atoms with Gasteiger partial charge in [-0.25, -0.2) is 4.79 Å². The summed E-state index contributed by atoms with van der Waals surface area (Å²) in [5, 5.41) is 0. The molecule has 0 atom stereocenters. The van der Waals surface area contributed by atoms with Gasteiger partial charge in [-0.05, 0) is 29.3 Å². The van der Waals surface area contributed by atoms with Crippen LogP contribution in [0.3, 0.4) is 0 Å². The van der Waals surface area contributed by atoms with Crippen LogP contribution in [0, 0.1) is 0 Å². The van der Waals surface area contributed by atoms with Crippen molar-refractivity contribution in [2.75, 3.05) is 7.11 Å². The number of ether oxygens (including phenoxy) is 2. The first-order valence-electron chi connectivity index (χ1n) is 8.03. The molecule has 0 spiro atoms. The van der Waals surface area contributed by atoms with Crippen molar-refractivity contribution >= 4 is 17.1 Å². The highest BCUT2D eigenvalue weighted by Crippen LogP contribution is 2.41. The van der Waals surface area contributed by atoms with Gasteiger partial charge in [-0.1, -0.05) is 60.7 Å². The molecule has 1 aliphatic rings. The molecule has 0 bridgehead atoms. The quantitative estimate of drug-likeness (QED) is 0.401. The van der Waals surface area contributed by atoms with E-state index in [1.807, 2.05) is 78.9 Å². The molecular weight excluding hydrogens is 312 g/mol. The van der Waals surface area contributed by atoms with E-state index in [9.17, 15) is 4.79 Å². The van der Waals surface area contributed by atoms with Gasteiger partial charge in [0.05, 0.1) is 12.7 Å². The second kappa shape index (κ2) is 6.29. The molecule has 0 fully saturated rings. The molecule has 3 aromatic carbocycles. The van der Waals surface area contributed by atoms with Gasteiger partial charge < -0.3 is 9.47 Å². The van der Waals surface area contributed by atoms with E-state index >= 15 is 0 Å². The van der Waals surface area contributed by atoms with E-state index in [-0.39, 0.29) is 5.97 Å². The van der Waals surface area contributed by atoms with Gasteiger partial charge in [0.1, 0.15) is 11.5 Å². The van der Waals surface area contributed by atoms with Gasteiger partial charge in [-0.3, -0.25) is 0 Å². The Labute approximate surface area is 146 Å². The molecule has 0 unspecified atom stereocenters. The van der Waals surface area contributed by atoms with Crippen molar-refractivity contribution in [3.63, 3.8) is 0 Å². The zero-order valence-corrected chi connectivity index (χ0v) is 13.7. The number of rotatable bonds is 3. The Morgan fingerprint density at radius 2 is 1.44 bits per heavy atom. The Kier molecular flexibility index (Phi) is 3.82. The summed E-state index contributed by atoms with van der Waals surface area (Å²) >= 11 is 0. The number of para-hydroxylation sites is 1. The minimum Gasteiger partial charge on any atom is -0.497 e. The maximum absolute atomic E-state index is 12.6. The van der Waals surface area contributed by atoms with E-state index in [2.05, 4.69) is 0 Å². The monoisotopic (exact) mass is 328 g/mol. The molecular formula is C22H16O3. The Balaban J connectivity index is 1.99. The molecule has 3 aromatic rings. The summed E-state index contributed by atoms with van der Waals surface area (Å²) in [6, 6.07) is 25.1. The fourth-order valence-electron chi connectivity index (χ4n) is 3.08. The van der Waals surface area contributed by atoms with Crippen LogP contribution in [0.15, 0.2) is 78.9 Å². The van der Waals surface area contributed by atoms with Gasteiger partial charge in [-0.15, -0.1) is 0 Å². The maximum Gasteiger partial charge on any atom is 0.344 e. The number of fused-ring (bicyclic) bond motifs is 1. The van der Waals surface area contributed by atoms with Gasteiger partial charge in [0.25, 0.3) is 0 Å². The third-order valence-electron chi connectivity index (χ3n) is 4.25. The molecule has 1 aliphatic heterocycles. The molecule has 0 saturated carbocycles. The lowest BCUT2D eigenvalue weighted by Gasteiger charge is -2.12. The lowest BCUT2D eigenvalue weighted by Crippen LogP contribution is -2.04. The lowest BCUT2D eigenvalue weighted by molar-refractivity contribution is -0.126. The van der Waals surface area contributed by atoms with Crippen molar-refractivity contribution in [1.29, 1.82) is 0 Å². The molecule has 0 aliphatic carbocycles. The van der Waals surface area contributed by atoms with E-state index < -0.39 is 0 Å². The maximum atomic E-state index is 12.6. The summed E-state index contributed by atoms with van der Waals surface area (Å²) in [6.45, 7) is 0. The summed E-state index contributed by atoms with van der Waals surface area (Å²) < 4.78 is 10.7. The number of hydrogen-bond acceptors (Lipinski definition) is 3. The Hall–Kier alpha value is -3.33. The van der Waals surface area contributed by atoms with Crippen molar-refractivity contribution < 1.29 is 14.3 Å². The first kappa shape index (κ1) is 15.2. The summed E-state index contributed by atoms with van der Waals surface area (Å²) in [7, 11) is 1.64. The van der Waals surface area contributed by atoms with Gasteiger partial charge in [0.2, 0.25) is 0 Å². The minimum absolute atomic E-state index is 0.323. The highest BCUT2D eigenvalue weighted by atomic mass is 16.5. The lowest BCUT2D eigenvalue weighted by atomic mass is 9.90. The molecule has 3 nitrogen and oxygen atoms in total. The molecule has 1 heterocycles. The second-order valence-corrected chi connectivity index (χ2v) is 5.73. The zero-order valence-electron chi connectivity index (χ0n) is 13.7. The minimum atomic E-state index is -0.323. The standard InChI is InChI=1S/C22H16O3/c1-24-17-13-11-16(12-14-17)20(15-7-3-2-4-8-15)21-18-9-5-6-10-19(18)25-22(21)23/h2-14H,1H3/b21-20+. The number of carbonyl (C=O) groups is 1. The van der Waals surface area contributed by atoms with E-state index in [1.165, 1.54) is 0 Å². The van der Waals surface area contributed by atoms with Crippen LogP contribution in [0.4, 0.5) is 0 Å². The predicted molar refractivity (Wildman–Crippen MR) is 97.4 cm³/mol. The van der Waals surface area contributed by atoms with E-state index in [0.29, 0.717) is 11.3 Å². The topological polar surface area (TPSA) is 35.5 Å². The predicted octanol–water partition coefficient (Wildman–Crippen LogP) is 4.57. The second-order valence-electron chi connectivity index (χ2n) is 5.73. The smallest absolute Gasteiger partial charge is 0.344 e. The molecule has 3 heteroatoms. The summed E-state index contributed by atoms with van der Waals surface area (Å²) in [5.74, 6) is 1.05. The number of methoxy groups -OCH3 is 1. The van der Waals surface area contributed by atoms with Crippen molar-refractivity contribution in [2.24, 2.45) is 0 Å². The average Bonchev–Trinajstić information content (AvgIpc) is 3.00. The number of carbonyl (C=O) groups excluding carboxylic acids is 1. The summed E-state index contributed by atoms with van der Waals surface area (Å²) in [4.78, 5) is 12.6. The largest absolute Gasteiger partial charge is 0.497 e. The van der Waals surface area contributed by atoms with Gasteiger partial charge in [0, 0.05) is 11.1 Å². The van der Waals surface area contributed by atoms with Crippen LogP contribution < -0.4 is 9.47 Å². The molecule has 0 N–H and O–H groups in total. The van der Waals surface area contributed by atoms with Crippen molar-refractivity contribution in [2.45, 2.75) is 0 Å². The zero-order chi connectivity index (χ0) is 17.2. The number of hydrogen-bond donors (Lipinski definition) is 0. The molecule has 122 valence electrons. The van der Waals surface area contributed by atoms with Crippen LogP contribution >= 0.6 is 0 Å². The van der Waals surface area contributed by atoms with Crippen LogP contribution in [-0.2, 0) is 4.79 Å². The van der Waals surface area contributed by atoms with Crippen molar-refractivity contribution in [3.05, 3.63) is 95.6 Å². The SMILES string of the molecule is COc1ccc(/C(=C2/C(=O)Oc3ccccc32)c2ccccc2)cc1.